The lowest BCUT2D eigenvalue weighted by molar-refractivity contribution is 0.0994. The van der Waals surface area contributed by atoms with E-state index in [0.717, 1.165) is 41.9 Å². The van der Waals surface area contributed by atoms with Crippen LogP contribution < -0.4 is 5.73 Å². The predicted molar refractivity (Wildman–Crippen MR) is 78.0 cm³/mol. The molecule has 1 aliphatic carbocycles. The summed E-state index contributed by atoms with van der Waals surface area (Å²) in [5, 5.41) is 4.32. The summed E-state index contributed by atoms with van der Waals surface area (Å²) in [7, 11) is 0. The molecule has 2 aromatic heterocycles. The minimum atomic E-state index is -0.459. The second-order valence-corrected chi connectivity index (χ2v) is 4.59. The largest absolute Gasteiger partial charge is 0.364 e. The molecule has 20 heavy (non-hydrogen) atoms. The molecule has 0 bridgehead atoms. The number of amides is 1. The molecule has 5 nitrogen and oxygen atoms in total. The molecule has 0 unspecified atom stereocenters. The Kier molecular flexibility index (Phi) is 4.17. The first-order valence-corrected chi connectivity index (χ1v) is 7.00. The van der Waals surface area contributed by atoms with Gasteiger partial charge in [0.1, 0.15) is 0 Å². The molecule has 0 aliphatic heterocycles. The third-order valence-electron chi connectivity index (χ3n) is 3.28. The molecule has 106 valence electrons. The van der Waals surface area contributed by atoms with Gasteiger partial charge >= 0.3 is 0 Å². The second-order valence-electron chi connectivity index (χ2n) is 4.59. The number of nitrogens with two attached hydrogens (primary N) is 1. The Balaban J connectivity index is 0.000000704. The van der Waals surface area contributed by atoms with Gasteiger partial charge < -0.3 is 5.73 Å². The molecule has 0 saturated heterocycles. The smallest absolute Gasteiger partial charge is 0.269 e. The normalized spacial score (nSPS) is 12.6. The van der Waals surface area contributed by atoms with E-state index in [0.29, 0.717) is 5.69 Å². The van der Waals surface area contributed by atoms with Crippen LogP contribution in [0.5, 0.6) is 0 Å². The lowest BCUT2D eigenvalue weighted by Crippen LogP contribution is -2.14. The highest BCUT2D eigenvalue weighted by Crippen LogP contribution is 2.27. The van der Waals surface area contributed by atoms with Gasteiger partial charge in [-0.3, -0.25) is 4.79 Å². The number of aromatic nitrogens is 3. The van der Waals surface area contributed by atoms with Gasteiger partial charge in [0.05, 0.1) is 5.69 Å². The fourth-order valence-electron chi connectivity index (χ4n) is 2.46. The Morgan fingerprint density at radius 1 is 1.35 bits per heavy atom. The molecule has 2 N–H and O–H groups in total. The zero-order valence-electron chi connectivity index (χ0n) is 12.2. The van der Waals surface area contributed by atoms with Crippen molar-refractivity contribution in [3.63, 3.8) is 0 Å². The van der Waals surface area contributed by atoms with Gasteiger partial charge in [-0.05, 0) is 43.9 Å². The van der Waals surface area contributed by atoms with Crippen molar-refractivity contribution in [1.82, 2.24) is 14.8 Å². The number of nitrogens with zero attached hydrogens (tertiary/aromatic N) is 3. The maximum Gasteiger partial charge on any atom is 0.269 e. The molecule has 1 aliphatic rings. The van der Waals surface area contributed by atoms with E-state index in [1.807, 2.05) is 32.9 Å². The predicted octanol–water partition coefficient (Wildman–Crippen LogP) is 2.19. The fraction of sp³-hybridized carbons (Fsp3) is 0.400. The van der Waals surface area contributed by atoms with Crippen molar-refractivity contribution < 1.29 is 4.79 Å². The summed E-state index contributed by atoms with van der Waals surface area (Å²) in [5.74, 6) is 0.292. The van der Waals surface area contributed by atoms with E-state index in [4.69, 9.17) is 5.73 Å². The summed E-state index contributed by atoms with van der Waals surface area (Å²) in [6, 6.07) is 3.89. The van der Waals surface area contributed by atoms with Gasteiger partial charge in [0.25, 0.3) is 5.91 Å². The van der Waals surface area contributed by atoms with Gasteiger partial charge in [0, 0.05) is 11.8 Å². The van der Waals surface area contributed by atoms with Crippen molar-refractivity contribution in [3.05, 3.63) is 40.8 Å². The SMILES string of the molecule is CC.Cc1ccnc(-n2nc(C(N)=O)c3c2CCC3)c1. The molecular weight excluding hydrogens is 252 g/mol. The summed E-state index contributed by atoms with van der Waals surface area (Å²) in [5.41, 5.74) is 8.94. The van der Waals surface area contributed by atoms with Gasteiger partial charge in [-0.15, -0.1) is 0 Å². The molecule has 2 heterocycles. The van der Waals surface area contributed by atoms with Crippen LogP contribution in [0.3, 0.4) is 0 Å². The van der Waals surface area contributed by atoms with Crippen LogP contribution in [-0.2, 0) is 12.8 Å². The van der Waals surface area contributed by atoms with E-state index in [1.165, 1.54) is 0 Å². The van der Waals surface area contributed by atoms with Gasteiger partial charge in [-0.25, -0.2) is 9.67 Å². The molecule has 3 rings (SSSR count). The van der Waals surface area contributed by atoms with E-state index < -0.39 is 5.91 Å². The number of primary amides is 1. The van der Waals surface area contributed by atoms with Crippen LogP contribution >= 0.6 is 0 Å². The van der Waals surface area contributed by atoms with E-state index in [-0.39, 0.29) is 0 Å². The van der Waals surface area contributed by atoms with Crippen molar-refractivity contribution in [2.75, 3.05) is 0 Å². The molecule has 0 fully saturated rings. The Bertz CT molecular complexity index is 631. The number of pyridine rings is 1. The monoisotopic (exact) mass is 272 g/mol. The lowest BCUT2D eigenvalue weighted by atomic mass is 10.2. The third-order valence-corrected chi connectivity index (χ3v) is 3.28. The van der Waals surface area contributed by atoms with Crippen molar-refractivity contribution in [2.45, 2.75) is 40.0 Å². The average molecular weight is 272 g/mol. The first-order chi connectivity index (χ1) is 9.66. The van der Waals surface area contributed by atoms with E-state index in [1.54, 1.807) is 10.9 Å². The van der Waals surface area contributed by atoms with Crippen molar-refractivity contribution >= 4 is 5.91 Å². The minimum Gasteiger partial charge on any atom is -0.364 e. The molecular formula is C15H20N4O. The number of hydrogen-bond donors (Lipinski definition) is 1. The fourth-order valence-corrected chi connectivity index (χ4v) is 2.46. The highest BCUT2D eigenvalue weighted by molar-refractivity contribution is 5.92. The Morgan fingerprint density at radius 2 is 2.10 bits per heavy atom. The summed E-state index contributed by atoms with van der Waals surface area (Å²) in [6.07, 6.45) is 4.58. The Morgan fingerprint density at radius 3 is 2.75 bits per heavy atom. The van der Waals surface area contributed by atoms with E-state index in [2.05, 4.69) is 10.1 Å². The summed E-state index contributed by atoms with van der Waals surface area (Å²) < 4.78 is 1.76. The van der Waals surface area contributed by atoms with Crippen LogP contribution in [0.4, 0.5) is 0 Å². The number of rotatable bonds is 2. The van der Waals surface area contributed by atoms with Crippen LogP contribution in [-0.4, -0.2) is 20.7 Å². The van der Waals surface area contributed by atoms with Crippen LogP contribution in [0.25, 0.3) is 5.82 Å². The maximum absolute atomic E-state index is 11.4. The first kappa shape index (κ1) is 14.2. The highest BCUT2D eigenvalue weighted by atomic mass is 16.1. The lowest BCUT2D eigenvalue weighted by Gasteiger charge is -2.04. The van der Waals surface area contributed by atoms with Crippen LogP contribution in [0.1, 0.15) is 47.6 Å². The maximum atomic E-state index is 11.4. The number of fused-ring (bicyclic) bond motifs is 1. The van der Waals surface area contributed by atoms with Crippen LogP contribution in [0.15, 0.2) is 18.3 Å². The first-order valence-electron chi connectivity index (χ1n) is 7.00. The summed E-state index contributed by atoms with van der Waals surface area (Å²) in [6.45, 7) is 6.00. The Hall–Kier alpha value is -2.17. The average Bonchev–Trinajstić information content (AvgIpc) is 3.02. The number of carbonyl (C=O) groups is 1. The molecule has 0 radical (unpaired) electrons. The second kappa shape index (κ2) is 5.86. The number of hydrogen-bond acceptors (Lipinski definition) is 3. The zero-order valence-corrected chi connectivity index (χ0v) is 12.2. The molecule has 0 spiro atoms. The Labute approximate surface area is 118 Å². The summed E-state index contributed by atoms with van der Waals surface area (Å²) >= 11 is 0. The highest BCUT2D eigenvalue weighted by Gasteiger charge is 2.25. The topological polar surface area (TPSA) is 73.8 Å². The van der Waals surface area contributed by atoms with Gasteiger partial charge in [0.15, 0.2) is 11.5 Å². The molecule has 0 aromatic carbocycles. The third kappa shape index (κ3) is 2.43. The molecule has 2 aromatic rings. The van der Waals surface area contributed by atoms with E-state index in [9.17, 15) is 4.79 Å². The zero-order chi connectivity index (χ0) is 14.7. The summed E-state index contributed by atoms with van der Waals surface area (Å²) in [4.78, 5) is 15.7. The van der Waals surface area contributed by atoms with Crippen molar-refractivity contribution in [3.8, 4) is 5.82 Å². The molecule has 0 saturated carbocycles. The van der Waals surface area contributed by atoms with Gasteiger partial charge in [-0.1, -0.05) is 13.8 Å². The molecule has 5 heteroatoms. The van der Waals surface area contributed by atoms with Gasteiger partial charge in [0.2, 0.25) is 0 Å². The van der Waals surface area contributed by atoms with Gasteiger partial charge in [-0.2, -0.15) is 5.10 Å². The minimum absolute atomic E-state index is 0.394. The quantitative estimate of drug-likeness (QED) is 0.910. The molecule has 1 amide bonds. The number of aryl methyl sites for hydroxylation is 1. The van der Waals surface area contributed by atoms with Crippen molar-refractivity contribution in [1.29, 1.82) is 0 Å². The number of carbonyl (C=O) groups excluding carboxylic acids is 1. The van der Waals surface area contributed by atoms with E-state index >= 15 is 0 Å². The standard InChI is InChI=1S/C13H14N4O.C2H6/c1-8-5-6-15-11(7-8)17-10-4-2-3-9(10)12(16-17)13(14)18;1-2/h5-7H,2-4H2,1H3,(H2,14,18);1-2H3. The van der Waals surface area contributed by atoms with Crippen molar-refractivity contribution in [2.24, 2.45) is 5.73 Å². The van der Waals surface area contributed by atoms with Crippen LogP contribution in [0, 0.1) is 6.92 Å². The molecule has 0 atom stereocenters. The van der Waals surface area contributed by atoms with Crippen LogP contribution in [0.2, 0.25) is 0 Å².